The van der Waals surface area contributed by atoms with Gasteiger partial charge >= 0.3 is 0 Å². The maximum absolute atomic E-state index is 4.82. The smallest absolute Gasteiger partial charge is 0.186 e. The number of hydrogen-bond acceptors (Lipinski definition) is 7. The molecule has 2 aromatic carbocycles. The minimum Gasteiger partial charge on any atom is -0.347 e. The Hall–Kier alpha value is -2.09. The lowest BCUT2D eigenvalue weighted by Crippen LogP contribution is -2.45. The molecule has 1 atom stereocenters. The van der Waals surface area contributed by atoms with E-state index in [0.29, 0.717) is 6.04 Å². The highest BCUT2D eigenvalue weighted by Crippen LogP contribution is 2.30. The van der Waals surface area contributed by atoms with Gasteiger partial charge in [0.25, 0.3) is 0 Å². The van der Waals surface area contributed by atoms with Crippen LogP contribution in [-0.4, -0.2) is 32.9 Å². The van der Waals surface area contributed by atoms with Gasteiger partial charge in [0, 0.05) is 25.7 Å². The zero-order valence-corrected chi connectivity index (χ0v) is 15.9. The average Bonchev–Trinajstić information content (AvgIpc) is 3.32. The Kier molecular flexibility index (Phi) is 4.28. The van der Waals surface area contributed by atoms with E-state index in [4.69, 9.17) is 4.98 Å². The maximum Gasteiger partial charge on any atom is 0.186 e. The third-order valence-electron chi connectivity index (χ3n) is 4.89. The predicted molar refractivity (Wildman–Crippen MR) is 109 cm³/mol. The quantitative estimate of drug-likeness (QED) is 0.578. The number of fused-ring (bicyclic) bond motifs is 2. The molecular formula is C19H19N5S2. The summed E-state index contributed by atoms with van der Waals surface area (Å²) in [6, 6.07) is 15.2. The molecule has 0 bridgehead atoms. The van der Waals surface area contributed by atoms with E-state index in [1.807, 2.05) is 0 Å². The molecule has 0 radical (unpaired) electrons. The van der Waals surface area contributed by atoms with E-state index in [1.54, 1.807) is 11.3 Å². The fourth-order valence-electron chi connectivity index (χ4n) is 3.51. The Morgan fingerprint density at radius 2 is 2.00 bits per heavy atom. The van der Waals surface area contributed by atoms with Crippen LogP contribution in [0.1, 0.15) is 18.4 Å². The first-order valence-corrected chi connectivity index (χ1v) is 10.4. The number of aromatic nitrogens is 3. The predicted octanol–water partition coefficient (Wildman–Crippen LogP) is 4.06. The molecule has 0 unspecified atom stereocenters. The van der Waals surface area contributed by atoms with E-state index < -0.39 is 0 Å². The van der Waals surface area contributed by atoms with Gasteiger partial charge in [-0.3, -0.25) is 0 Å². The highest BCUT2D eigenvalue weighted by Gasteiger charge is 2.22. The molecule has 0 saturated carbocycles. The molecule has 0 aliphatic carbocycles. The second-order valence-corrected chi connectivity index (χ2v) is 8.26. The van der Waals surface area contributed by atoms with Gasteiger partial charge in [-0.1, -0.05) is 29.5 Å². The van der Waals surface area contributed by atoms with Gasteiger partial charge in [0.2, 0.25) is 0 Å². The van der Waals surface area contributed by atoms with Gasteiger partial charge in [-0.25, -0.2) is 4.98 Å². The van der Waals surface area contributed by atoms with E-state index in [1.165, 1.54) is 34.8 Å². The molecule has 1 fully saturated rings. The van der Waals surface area contributed by atoms with Crippen molar-refractivity contribution < 1.29 is 0 Å². The molecule has 1 aliphatic rings. The third-order valence-corrected chi connectivity index (χ3v) is 6.54. The van der Waals surface area contributed by atoms with Gasteiger partial charge in [0.05, 0.1) is 21.9 Å². The topological polar surface area (TPSA) is 53.9 Å². The van der Waals surface area contributed by atoms with Crippen molar-refractivity contribution in [3.8, 4) is 0 Å². The zero-order valence-electron chi connectivity index (χ0n) is 14.3. The van der Waals surface area contributed by atoms with E-state index in [-0.39, 0.29) is 0 Å². The number of nitrogens with one attached hydrogen (secondary N) is 1. The summed E-state index contributed by atoms with van der Waals surface area (Å²) >= 11 is 3.07. The maximum atomic E-state index is 4.82. The molecular weight excluding hydrogens is 362 g/mol. The molecule has 7 heteroatoms. The van der Waals surface area contributed by atoms with Crippen molar-refractivity contribution >= 4 is 49.4 Å². The van der Waals surface area contributed by atoms with Crippen molar-refractivity contribution in [1.82, 2.24) is 19.0 Å². The van der Waals surface area contributed by atoms with E-state index in [0.717, 1.165) is 41.3 Å². The molecule has 5 nitrogen and oxygen atoms in total. The second kappa shape index (κ2) is 6.90. The number of para-hydroxylation sites is 1. The normalized spacial score (nSPS) is 18.0. The van der Waals surface area contributed by atoms with Crippen LogP contribution in [0, 0.1) is 0 Å². The highest BCUT2D eigenvalue weighted by atomic mass is 32.1. The van der Waals surface area contributed by atoms with Gasteiger partial charge in [0.15, 0.2) is 5.13 Å². The van der Waals surface area contributed by atoms with Gasteiger partial charge in [-0.15, -0.1) is 0 Å². The van der Waals surface area contributed by atoms with Crippen LogP contribution in [0.4, 0.5) is 5.13 Å². The first kappa shape index (κ1) is 16.1. The minimum atomic E-state index is 0.486. The zero-order chi connectivity index (χ0) is 17.3. The second-order valence-electron chi connectivity index (χ2n) is 6.72. The molecule has 0 spiro atoms. The molecule has 3 heterocycles. The van der Waals surface area contributed by atoms with Crippen LogP contribution in [0.15, 0.2) is 42.5 Å². The molecule has 5 rings (SSSR count). The summed E-state index contributed by atoms with van der Waals surface area (Å²) in [6.45, 7) is 2.97. The number of rotatable bonds is 4. The van der Waals surface area contributed by atoms with Gasteiger partial charge in [-0.2, -0.15) is 8.75 Å². The molecule has 1 N–H and O–H groups in total. The number of piperidine rings is 1. The van der Waals surface area contributed by atoms with Crippen LogP contribution >= 0.6 is 23.1 Å². The Morgan fingerprint density at radius 3 is 2.96 bits per heavy atom. The largest absolute Gasteiger partial charge is 0.347 e. The summed E-state index contributed by atoms with van der Waals surface area (Å²) in [5.74, 6) is 0. The van der Waals surface area contributed by atoms with Gasteiger partial charge < -0.3 is 10.2 Å². The lowest BCUT2D eigenvalue weighted by atomic mass is 10.1. The third kappa shape index (κ3) is 3.18. The summed E-state index contributed by atoms with van der Waals surface area (Å²) < 4.78 is 9.87. The molecule has 0 amide bonds. The van der Waals surface area contributed by atoms with Crippen molar-refractivity contribution in [1.29, 1.82) is 0 Å². The monoisotopic (exact) mass is 381 g/mol. The van der Waals surface area contributed by atoms with E-state index in [9.17, 15) is 0 Å². The van der Waals surface area contributed by atoms with Crippen molar-refractivity contribution in [3.63, 3.8) is 0 Å². The first-order valence-electron chi connectivity index (χ1n) is 8.90. The van der Waals surface area contributed by atoms with Gasteiger partial charge in [0.1, 0.15) is 11.0 Å². The number of thiazole rings is 1. The summed E-state index contributed by atoms with van der Waals surface area (Å²) in [5.41, 5.74) is 4.35. The lowest BCUT2D eigenvalue weighted by Gasteiger charge is -2.33. The lowest BCUT2D eigenvalue weighted by molar-refractivity contribution is 0.421. The summed E-state index contributed by atoms with van der Waals surface area (Å²) in [4.78, 5) is 7.25. The summed E-state index contributed by atoms with van der Waals surface area (Å²) in [7, 11) is 0. The Morgan fingerprint density at radius 1 is 1.08 bits per heavy atom. The molecule has 2 aromatic heterocycles. The molecule has 26 heavy (non-hydrogen) atoms. The fourth-order valence-corrected chi connectivity index (χ4v) is 5.03. The summed E-state index contributed by atoms with van der Waals surface area (Å²) in [6.07, 6.45) is 2.41. The number of nitrogens with zero attached hydrogens (tertiary/aromatic N) is 4. The van der Waals surface area contributed by atoms with Gasteiger partial charge in [-0.05, 0) is 42.7 Å². The number of benzene rings is 2. The van der Waals surface area contributed by atoms with E-state index in [2.05, 4.69) is 61.4 Å². The summed E-state index contributed by atoms with van der Waals surface area (Å²) in [5, 5.41) is 4.86. The van der Waals surface area contributed by atoms with Crippen molar-refractivity contribution in [2.45, 2.75) is 25.4 Å². The molecule has 132 valence electrons. The van der Waals surface area contributed by atoms with Crippen molar-refractivity contribution in [2.24, 2.45) is 0 Å². The Labute approximate surface area is 160 Å². The number of anilines is 1. The molecule has 1 aliphatic heterocycles. The SMILES string of the molecule is c1ccc2sc(N3CCC[C@@H](NCc4ccc5nsnc5c4)C3)nc2c1. The van der Waals surface area contributed by atoms with Crippen LogP contribution in [0.25, 0.3) is 21.3 Å². The van der Waals surface area contributed by atoms with Crippen LogP contribution in [0.5, 0.6) is 0 Å². The molecule has 1 saturated heterocycles. The van der Waals surface area contributed by atoms with Crippen LogP contribution in [0.3, 0.4) is 0 Å². The highest BCUT2D eigenvalue weighted by molar-refractivity contribution is 7.22. The Balaban J connectivity index is 1.26. The standard InChI is InChI=1S/C19H19N5S2/c1-2-6-18-16(5-1)21-19(25-18)24-9-3-4-14(12-24)20-11-13-7-8-15-17(10-13)23-26-22-15/h1-2,5-8,10,14,20H,3-4,9,11-12H2/t14-/m1/s1. The van der Waals surface area contributed by atoms with E-state index >= 15 is 0 Å². The van der Waals surface area contributed by atoms with Crippen LogP contribution in [0.2, 0.25) is 0 Å². The van der Waals surface area contributed by atoms with Crippen LogP contribution < -0.4 is 10.2 Å². The van der Waals surface area contributed by atoms with Crippen LogP contribution in [-0.2, 0) is 6.54 Å². The molecule has 4 aromatic rings. The first-order chi connectivity index (χ1) is 12.8. The Bertz CT molecular complexity index is 1010. The number of hydrogen-bond donors (Lipinski definition) is 1. The minimum absolute atomic E-state index is 0.486. The van der Waals surface area contributed by atoms with Crippen molar-refractivity contribution in [2.75, 3.05) is 18.0 Å². The average molecular weight is 382 g/mol. The fraction of sp³-hybridized carbons (Fsp3) is 0.316. The van der Waals surface area contributed by atoms with Crippen molar-refractivity contribution in [3.05, 3.63) is 48.0 Å².